The normalized spacial score (nSPS) is 15.6. The third kappa shape index (κ3) is 6.64. The summed E-state index contributed by atoms with van der Waals surface area (Å²) in [6.07, 6.45) is 4.88. The Kier molecular flexibility index (Phi) is 8.20. The average Bonchev–Trinajstić information content (AvgIpc) is 3.02. The van der Waals surface area contributed by atoms with Gasteiger partial charge in [-0.25, -0.2) is 0 Å². The Morgan fingerprint density at radius 3 is 2.42 bits per heavy atom. The first-order valence-corrected chi connectivity index (χ1v) is 11.4. The van der Waals surface area contributed by atoms with Crippen molar-refractivity contribution in [2.75, 3.05) is 13.6 Å². The van der Waals surface area contributed by atoms with Crippen molar-refractivity contribution in [1.29, 1.82) is 0 Å². The highest BCUT2D eigenvalue weighted by molar-refractivity contribution is 8.26. The lowest BCUT2D eigenvalue weighted by Crippen LogP contribution is -2.31. The molecule has 3 rings (SSSR count). The second-order valence-electron chi connectivity index (χ2n) is 7.47. The van der Waals surface area contributed by atoms with Crippen molar-refractivity contribution in [2.24, 2.45) is 0 Å². The fourth-order valence-corrected chi connectivity index (χ4v) is 4.64. The summed E-state index contributed by atoms with van der Waals surface area (Å²) >= 11 is 6.73. The molecule has 0 N–H and O–H groups in total. The van der Waals surface area contributed by atoms with Crippen LogP contribution < -0.4 is 0 Å². The summed E-state index contributed by atoms with van der Waals surface area (Å²) in [6, 6.07) is 19.9. The van der Waals surface area contributed by atoms with Gasteiger partial charge < -0.3 is 4.90 Å². The van der Waals surface area contributed by atoms with Crippen molar-refractivity contribution >= 4 is 46.2 Å². The van der Waals surface area contributed by atoms with Crippen molar-refractivity contribution in [2.45, 2.75) is 26.3 Å². The molecule has 0 aliphatic carbocycles. The molecule has 4 nitrogen and oxygen atoms in total. The molecule has 1 saturated heterocycles. The second kappa shape index (κ2) is 11.1. The van der Waals surface area contributed by atoms with Gasteiger partial charge in [-0.3, -0.25) is 14.5 Å². The highest BCUT2D eigenvalue weighted by Crippen LogP contribution is 2.32. The first kappa shape index (κ1) is 23.0. The number of carbonyl (C=O) groups is 2. The zero-order valence-electron chi connectivity index (χ0n) is 17.8. The first-order valence-electron chi connectivity index (χ1n) is 10.2. The summed E-state index contributed by atoms with van der Waals surface area (Å²) in [5.41, 5.74) is 3.17. The van der Waals surface area contributed by atoms with Gasteiger partial charge in [-0.15, -0.1) is 0 Å². The Morgan fingerprint density at radius 2 is 1.74 bits per heavy atom. The van der Waals surface area contributed by atoms with Crippen molar-refractivity contribution in [3.05, 3.63) is 88.3 Å². The lowest BCUT2D eigenvalue weighted by molar-refractivity contribution is -0.131. The van der Waals surface area contributed by atoms with Crippen molar-refractivity contribution in [3.63, 3.8) is 0 Å². The monoisotopic (exact) mass is 450 g/mol. The molecule has 0 atom stereocenters. The average molecular weight is 451 g/mol. The lowest BCUT2D eigenvalue weighted by Gasteiger charge is -2.19. The number of amides is 2. The van der Waals surface area contributed by atoms with E-state index in [1.165, 1.54) is 11.8 Å². The molecule has 31 heavy (non-hydrogen) atoms. The van der Waals surface area contributed by atoms with E-state index < -0.39 is 0 Å². The SMILES string of the molecule is CC(/C=C1\SC(=S)N(CCCC(=O)N(C)Cc2ccccc2)C1=O)=C\c1ccccc1. The van der Waals surface area contributed by atoms with Gasteiger partial charge in [0, 0.05) is 26.6 Å². The Morgan fingerprint density at radius 1 is 1.10 bits per heavy atom. The number of allylic oxidation sites excluding steroid dienone is 2. The van der Waals surface area contributed by atoms with E-state index in [2.05, 4.69) is 0 Å². The molecule has 1 aliphatic rings. The lowest BCUT2D eigenvalue weighted by atomic mass is 10.1. The predicted octanol–water partition coefficient (Wildman–Crippen LogP) is 5.27. The predicted molar refractivity (Wildman–Crippen MR) is 132 cm³/mol. The van der Waals surface area contributed by atoms with Crippen LogP contribution >= 0.6 is 24.0 Å². The van der Waals surface area contributed by atoms with E-state index in [4.69, 9.17) is 12.2 Å². The number of rotatable bonds is 8. The van der Waals surface area contributed by atoms with Crippen LogP contribution in [-0.2, 0) is 16.1 Å². The third-order valence-electron chi connectivity index (χ3n) is 4.89. The highest BCUT2D eigenvalue weighted by atomic mass is 32.2. The molecule has 0 spiro atoms. The van der Waals surface area contributed by atoms with Crippen LogP contribution in [0.15, 0.2) is 77.2 Å². The van der Waals surface area contributed by atoms with Gasteiger partial charge in [-0.2, -0.15) is 0 Å². The Hall–Kier alpha value is -2.70. The Balaban J connectivity index is 1.52. The van der Waals surface area contributed by atoms with Crippen LogP contribution in [0.2, 0.25) is 0 Å². The summed E-state index contributed by atoms with van der Waals surface area (Å²) in [4.78, 5) is 29.2. The molecule has 1 heterocycles. The van der Waals surface area contributed by atoms with Crippen LogP contribution in [0.3, 0.4) is 0 Å². The van der Waals surface area contributed by atoms with Gasteiger partial charge in [0.15, 0.2) is 0 Å². The van der Waals surface area contributed by atoms with Gasteiger partial charge in [0.1, 0.15) is 4.32 Å². The number of hydrogen-bond acceptors (Lipinski definition) is 4. The summed E-state index contributed by atoms with van der Waals surface area (Å²) < 4.78 is 0.550. The molecule has 6 heteroatoms. The summed E-state index contributed by atoms with van der Waals surface area (Å²) in [5.74, 6) is -0.0209. The summed E-state index contributed by atoms with van der Waals surface area (Å²) in [5, 5.41) is 0. The minimum atomic E-state index is -0.0825. The van der Waals surface area contributed by atoms with E-state index in [0.29, 0.717) is 35.2 Å². The van der Waals surface area contributed by atoms with Gasteiger partial charge in [0.2, 0.25) is 5.91 Å². The minimum Gasteiger partial charge on any atom is -0.341 e. The zero-order valence-corrected chi connectivity index (χ0v) is 19.4. The molecule has 2 aromatic carbocycles. The van der Waals surface area contributed by atoms with Crippen molar-refractivity contribution in [3.8, 4) is 0 Å². The van der Waals surface area contributed by atoms with Crippen LogP contribution in [0.5, 0.6) is 0 Å². The van der Waals surface area contributed by atoms with Gasteiger partial charge in [0.25, 0.3) is 5.91 Å². The van der Waals surface area contributed by atoms with Gasteiger partial charge in [-0.05, 0) is 36.1 Å². The standard InChI is InChI=1S/C25H26N2O2S2/c1-19(16-20-10-5-3-6-11-20)17-22-24(29)27(25(30)31-22)15-9-14-23(28)26(2)18-21-12-7-4-8-13-21/h3-8,10-13,16-17H,9,14-15,18H2,1-2H3/b19-16+,22-17-. The topological polar surface area (TPSA) is 40.6 Å². The van der Waals surface area contributed by atoms with Crippen molar-refractivity contribution in [1.82, 2.24) is 9.80 Å². The van der Waals surface area contributed by atoms with Crippen LogP contribution in [0.4, 0.5) is 0 Å². The fraction of sp³-hybridized carbons (Fsp3) is 0.240. The van der Waals surface area contributed by atoms with E-state index in [-0.39, 0.29) is 11.8 Å². The molecular weight excluding hydrogens is 424 g/mol. The molecule has 1 aliphatic heterocycles. The molecule has 1 fully saturated rings. The van der Waals surface area contributed by atoms with Gasteiger partial charge in [0.05, 0.1) is 4.91 Å². The van der Waals surface area contributed by atoms with Crippen LogP contribution in [0.1, 0.15) is 30.9 Å². The second-order valence-corrected chi connectivity index (χ2v) is 9.15. The van der Waals surface area contributed by atoms with Gasteiger partial charge >= 0.3 is 0 Å². The van der Waals surface area contributed by atoms with Crippen LogP contribution in [0, 0.1) is 0 Å². The van der Waals surface area contributed by atoms with Crippen LogP contribution in [0.25, 0.3) is 6.08 Å². The number of benzene rings is 2. The van der Waals surface area contributed by atoms with E-state index in [9.17, 15) is 9.59 Å². The zero-order chi connectivity index (χ0) is 22.2. The van der Waals surface area contributed by atoms with E-state index in [1.54, 1.807) is 16.8 Å². The number of thiocarbonyl (C=S) groups is 1. The summed E-state index contributed by atoms with van der Waals surface area (Å²) in [6.45, 7) is 3.01. The fourth-order valence-electron chi connectivity index (χ4n) is 3.28. The molecule has 2 amide bonds. The van der Waals surface area contributed by atoms with E-state index in [0.717, 1.165) is 16.7 Å². The number of thioether (sulfide) groups is 1. The minimum absolute atomic E-state index is 0.0616. The van der Waals surface area contributed by atoms with Crippen LogP contribution in [-0.4, -0.2) is 39.5 Å². The molecule has 0 saturated carbocycles. The van der Waals surface area contributed by atoms with Gasteiger partial charge in [-0.1, -0.05) is 90.7 Å². The third-order valence-corrected chi connectivity index (χ3v) is 6.26. The molecule has 0 aromatic heterocycles. The largest absolute Gasteiger partial charge is 0.341 e. The smallest absolute Gasteiger partial charge is 0.266 e. The van der Waals surface area contributed by atoms with E-state index >= 15 is 0 Å². The maximum atomic E-state index is 12.8. The Bertz CT molecular complexity index is 1000. The van der Waals surface area contributed by atoms with E-state index in [1.807, 2.05) is 79.7 Å². The molecule has 0 bridgehead atoms. The highest BCUT2D eigenvalue weighted by Gasteiger charge is 2.31. The molecule has 0 radical (unpaired) electrons. The molecule has 0 unspecified atom stereocenters. The maximum absolute atomic E-state index is 12.8. The number of carbonyl (C=O) groups excluding carboxylic acids is 2. The van der Waals surface area contributed by atoms with Crippen molar-refractivity contribution < 1.29 is 9.59 Å². The molecular formula is C25H26N2O2S2. The number of nitrogens with zero attached hydrogens (tertiary/aromatic N) is 2. The first-order chi connectivity index (χ1) is 14.9. The molecule has 160 valence electrons. The summed E-state index contributed by atoms with van der Waals surface area (Å²) in [7, 11) is 1.81. The maximum Gasteiger partial charge on any atom is 0.266 e. The molecule has 2 aromatic rings. The quantitative estimate of drug-likeness (QED) is 0.406. The number of hydrogen-bond donors (Lipinski definition) is 0. The Labute approximate surface area is 193 Å².